The summed E-state index contributed by atoms with van der Waals surface area (Å²) < 4.78 is 26.4. The quantitative estimate of drug-likeness (QED) is 0.768. The number of aromatic nitrogens is 1. The lowest BCUT2D eigenvalue weighted by Crippen LogP contribution is -2.39. The third kappa shape index (κ3) is 4.02. The van der Waals surface area contributed by atoms with Crippen LogP contribution in [0.25, 0.3) is 0 Å². The number of hydrogen-bond donors (Lipinski definition) is 2. The Hall–Kier alpha value is -0.500. The van der Waals surface area contributed by atoms with Crippen LogP contribution in [0.15, 0.2) is 11.7 Å². The molecule has 17 heavy (non-hydrogen) atoms. The predicted octanol–water partition coefficient (Wildman–Crippen LogP) is 0.703. The van der Waals surface area contributed by atoms with Gasteiger partial charge in [-0.25, -0.2) is 13.1 Å². The largest absolute Gasteiger partial charge is 0.313 e. The summed E-state index contributed by atoms with van der Waals surface area (Å²) in [6.07, 6.45) is 4.02. The zero-order chi connectivity index (χ0) is 12.3. The molecule has 5 nitrogen and oxygen atoms in total. The van der Waals surface area contributed by atoms with E-state index in [0.717, 1.165) is 4.88 Å². The summed E-state index contributed by atoms with van der Waals surface area (Å²) in [5.41, 5.74) is 1.70. The lowest BCUT2D eigenvalue weighted by molar-refractivity contribution is 0.557. The first-order valence-corrected chi connectivity index (χ1v) is 8.10. The van der Waals surface area contributed by atoms with E-state index in [1.165, 1.54) is 24.2 Å². The van der Waals surface area contributed by atoms with Crippen molar-refractivity contribution in [2.75, 3.05) is 6.54 Å². The van der Waals surface area contributed by atoms with Gasteiger partial charge in [0.1, 0.15) is 0 Å². The Balaban J connectivity index is 1.79. The molecule has 0 aromatic carbocycles. The van der Waals surface area contributed by atoms with E-state index in [0.29, 0.717) is 19.1 Å². The fraction of sp³-hybridized carbons (Fsp3) is 0.700. The molecule has 0 bridgehead atoms. The first-order chi connectivity index (χ1) is 8.08. The zero-order valence-electron chi connectivity index (χ0n) is 9.72. The van der Waals surface area contributed by atoms with Gasteiger partial charge >= 0.3 is 0 Å². The Labute approximate surface area is 106 Å². The van der Waals surface area contributed by atoms with Gasteiger partial charge in [-0.3, -0.25) is 4.98 Å². The standard InChI is InChI=1S/C10H17N3O2S2/c1-8(4-12-9-2-3-9)17(14,15)13-6-10-5-11-7-16-10/h5,7-9,12-13H,2-4,6H2,1H3. The summed E-state index contributed by atoms with van der Waals surface area (Å²) >= 11 is 1.45. The van der Waals surface area contributed by atoms with Crippen LogP contribution in [0, 0.1) is 0 Å². The Morgan fingerprint density at radius 3 is 2.94 bits per heavy atom. The van der Waals surface area contributed by atoms with Crippen molar-refractivity contribution in [3.05, 3.63) is 16.6 Å². The van der Waals surface area contributed by atoms with E-state index in [4.69, 9.17) is 0 Å². The van der Waals surface area contributed by atoms with Crippen molar-refractivity contribution in [3.63, 3.8) is 0 Å². The Morgan fingerprint density at radius 2 is 2.35 bits per heavy atom. The minimum Gasteiger partial charge on any atom is -0.313 e. The molecular weight excluding hydrogens is 258 g/mol. The van der Waals surface area contributed by atoms with Gasteiger partial charge < -0.3 is 5.32 Å². The minimum atomic E-state index is -3.24. The molecule has 1 aromatic heterocycles. The van der Waals surface area contributed by atoms with Crippen molar-refractivity contribution >= 4 is 21.4 Å². The molecular formula is C10H17N3O2S2. The van der Waals surface area contributed by atoms with E-state index < -0.39 is 15.3 Å². The van der Waals surface area contributed by atoms with E-state index >= 15 is 0 Å². The molecule has 96 valence electrons. The second-order valence-electron chi connectivity index (χ2n) is 4.33. The Morgan fingerprint density at radius 1 is 1.59 bits per heavy atom. The lowest BCUT2D eigenvalue weighted by atomic mass is 10.4. The molecule has 1 aliphatic carbocycles. The smallest absolute Gasteiger partial charge is 0.215 e. The van der Waals surface area contributed by atoms with Crippen molar-refractivity contribution in [2.45, 2.75) is 37.6 Å². The second kappa shape index (κ2) is 5.43. The van der Waals surface area contributed by atoms with Gasteiger partial charge in [-0.2, -0.15) is 0 Å². The number of rotatable bonds is 7. The molecule has 1 heterocycles. The van der Waals surface area contributed by atoms with Crippen LogP contribution in [0.3, 0.4) is 0 Å². The summed E-state index contributed by atoms with van der Waals surface area (Å²) in [6.45, 7) is 2.58. The molecule has 1 saturated carbocycles. The number of nitrogens with one attached hydrogen (secondary N) is 2. The SMILES string of the molecule is CC(CNC1CC1)S(=O)(=O)NCc1cncs1. The molecule has 1 unspecified atom stereocenters. The van der Waals surface area contributed by atoms with Crippen LogP contribution >= 0.6 is 11.3 Å². The van der Waals surface area contributed by atoms with Crippen LogP contribution < -0.4 is 10.0 Å². The maximum atomic E-state index is 11.9. The van der Waals surface area contributed by atoms with E-state index in [2.05, 4.69) is 15.0 Å². The van der Waals surface area contributed by atoms with Crippen LogP contribution in [-0.2, 0) is 16.6 Å². The summed E-state index contributed by atoms with van der Waals surface area (Å²) in [6, 6.07) is 0.536. The number of nitrogens with zero attached hydrogens (tertiary/aromatic N) is 1. The van der Waals surface area contributed by atoms with Crippen LogP contribution in [0.2, 0.25) is 0 Å². The van der Waals surface area contributed by atoms with Crippen LogP contribution in [0.5, 0.6) is 0 Å². The van der Waals surface area contributed by atoms with E-state index in [1.54, 1.807) is 18.6 Å². The maximum absolute atomic E-state index is 11.9. The summed E-state index contributed by atoms with van der Waals surface area (Å²) in [5.74, 6) is 0. The summed E-state index contributed by atoms with van der Waals surface area (Å²) in [4.78, 5) is 4.83. The number of thiazole rings is 1. The highest BCUT2D eigenvalue weighted by Crippen LogP contribution is 2.18. The fourth-order valence-electron chi connectivity index (χ4n) is 1.37. The maximum Gasteiger partial charge on any atom is 0.215 e. The summed E-state index contributed by atoms with van der Waals surface area (Å²) in [7, 11) is -3.24. The van der Waals surface area contributed by atoms with Crippen LogP contribution in [0.4, 0.5) is 0 Å². The molecule has 2 N–H and O–H groups in total. The van der Waals surface area contributed by atoms with Crippen molar-refractivity contribution in [1.29, 1.82) is 0 Å². The lowest BCUT2D eigenvalue weighted by Gasteiger charge is -2.13. The van der Waals surface area contributed by atoms with Crippen LogP contribution in [0.1, 0.15) is 24.6 Å². The van der Waals surface area contributed by atoms with Crippen molar-refractivity contribution < 1.29 is 8.42 Å². The van der Waals surface area contributed by atoms with Gasteiger partial charge in [-0.1, -0.05) is 0 Å². The average molecular weight is 275 g/mol. The first kappa shape index (κ1) is 12.9. The van der Waals surface area contributed by atoms with Crippen molar-refractivity contribution in [1.82, 2.24) is 15.0 Å². The number of sulfonamides is 1. The van der Waals surface area contributed by atoms with Crippen molar-refractivity contribution in [3.8, 4) is 0 Å². The van der Waals surface area contributed by atoms with Gasteiger partial charge in [0.15, 0.2) is 0 Å². The molecule has 1 aromatic rings. The number of hydrogen-bond acceptors (Lipinski definition) is 5. The molecule has 0 radical (unpaired) electrons. The second-order valence-corrected chi connectivity index (χ2v) is 7.48. The molecule has 1 atom stereocenters. The highest BCUT2D eigenvalue weighted by Gasteiger charge is 2.25. The highest BCUT2D eigenvalue weighted by molar-refractivity contribution is 7.90. The normalized spacial score (nSPS) is 18.2. The fourth-order valence-corrected chi connectivity index (χ4v) is 2.96. The Kier molecular flexibility index (Phi) is 4.13. The topological polar surface area (TPSA) is 71.1 Å². The zero-order valence-corrected chi connectivity index (χ0v) is 11.4. The molecule has 2 rings (SSSR count). The van der Waals surface area contributed by atoms with Crippen molar-refractivity contribution in [2.24, 2.45) is 0 Å². The average Bonchev–Trinajstić information content (AvgIpc) is 2.97. The molecule has 7 heteroatoms. The monoisotopic (exact) mass is 275 g/mol. The van der Waals surface area contributed by atoms with Gasteiger partial charge in [0, 0.05) is 30.2 Å². The van der Waals surface area contributed by atoms with Gasteiger partial charge in [-0.15, -0.1) is 11.3 Å². The molecule has 0 aliphatic heterocycles. The molecule has 0 amide bonds. The predicted molar refractivity (Wildman–Crippen MR) is 68.4 cm³/mol. The third-order valence-corrected chi connectivity index (χ3v) is 5.28. The van der Waals surface area contributed by atoms with E-state index in [-0.39, 0.29) is 0 Å². The van der Waals surface area contributed by atoms with Gasteiger partial charge in [0.25, 0.3) is 0 Å². The van der Waals surface area contributed by atoms with Gasteiger partial charge in [-0.05, 0) is 19.8 Å². The van der Waals surface area contributed by atoms with Crippen LogP contribution in [-0.4, -0.2) is 31.2 Å². The Bertz CT molecular complexity index is 440. The van der Waals surface area contributed by atoms with Gasteiger partial charge in [0.2, 0.25) is 10.0 Å². The summed E-state index contributed by atoms with van der Waals surface area (Å²) in [5, 5.41) is 2.82. The van der Waals surface area contributed by atoms with E-state index in [9.17, 15) is 8.42 Å². The first-order valence-electron chi connectivity index (χ1n) is 5.67. The minimum absolute atomic E-state index is 0.334. The third-order valence-electron chi connectivity index (χ3n) is 2.73. The molecule has 0 spiro atoms. The highest BCUT2D eigenvalue weighted by atomic mass is 32.2. The molecule has 1 fully saturated rings. The van der Waals surface area contributed by atoms with Gasteiger partial charge in [0.05, 0.1) is 10.8 Å². The van der Waals surface area contributed by atoms with E-state index in [1.807, 2.05) is 0 Å². The molecule has 1 aliphatic rings. The molecule has 0 saturated heterocycles.